The molecular weight excluding hydrogens is 328 g/mol. The fraction of sp³-hybridized carbons (Fsp3) is 0.350. The highest BCUT2D eigenvalue weighted by Gasteiger charge is 2.23. The normalized spacial score (nSPS) is 14.9. The van der Waals surface area contributed by atoms with Crippen molar-refractivity contribution in [3.05, 3.63) is 53.7 Å². The summed E-state index contributed by atoms with van der Waals surface area (Å²) < 4.78 is 5.65. The van der Waals surface area contributed by atoms with E-state index in [9.17, 15) is 4.79 Å². The fourth-order valence-corrected chi connectivity index (χ4v) is 2.94. The van der Waals surface area contributed by atoms with E-state index >= 15 is 0 Å². The number of piperazine rings is 1. The van der Waals surface area contributed by atoms with E-state index in [1.165, 1.54) is 0 Å². The van der Waals surface area contributed by atoms with Crippen LogP contribution < -0.4 is 4.74 Å². The molecule has 1 aromatic carbocycles. The van der Waals surface area contributed by atoms with Gasteiger partial charge in [-0.3, -0.25) is 9.69 Å². The van der Waals surface area contributed by atoms with Crippen molar-refractivity contribution in [1.82, 2.24) is 14.8 Å². The van der Waals surface area contributed by atoms with Crippen LogP contribution in [0.4, 0.5) is 0 Å². The minimum Gasteiger partial charge on any atom is -0.439 e. The summed E-state index contributed by atoms with van der Waals surface area (Å²) in [6.45, 7) is 7.60. The molecule has 0 N–H and O–H groups in total. The van der Waals surface area contributed by atoms with Gasteiger partial charge in [0.15, 0.2) is 0 Å². The smallest absolute Gasteiger partial charge is 0.255 e. The van der Waals surface area contributed by atoms with Gasteiger partial charge in [-0.25, -0.2) is 4.98 Å². The number of nitrogens with zero attached hydrogens (tertiary/aromatic N) is 4. The molecule has 1 fully saturated rings. The first kappa shape index (κ1) is 17.9. The van der Waals surface area contributed by atoms with Gasteiger partial charge in [0, 0.05) is 44.5 Å². The third-order valence-corrected chi connectivity index (χ3v) is 4.50. The minimum absolute atomic E-state index is 0.000987. The third-order valence-electron chi connectivity index (χ3n) is 4.50. The maximum Gasteiger partial charge on any atom is 0.255 e. The molecule has 1 aromatic heterocycles. The number of pyridine rings is 1. The molecule has 0 atom stereocenters. The summed E-state index contributed by atoms with van der Waals surface area (Å²) in [6, 6.07) is 12.9. The van der Waals surface area contributed by atoms with E-state index in [0.29, 0.717) is 28.8 Å². The van der Waals surface area contributed by atoms with Crippen LogP contribution in [-0.2, 0) is 0 Å². The summed E-state index contributed by atoms with van der Waals surface area (Å²) in [7, 11) is 0. The van der Waals surface area contributed by atoms with E-state index in [1.807, 2.05) is 4.90 Å². The van der Waals surface area contributed by atoms with Crippen molar-refractivity contribution in [2.75, 3.05) is 26.2 Å². The van der Waals surface area contributed by atoms with Gasteiger partial charge in [0.1, 0.15) is 5.75 Å². The molecule has 1 amide bonds. The highest BCUT2D eigenvalue weighted by molar-refractivity contribution is 5.94. The van der Waals surface area contributed by atoms with E-state index in [1.54, 1.807) is 42.6 Å². The molecule has 0 aliphatic carbocycles. The van der Waals surface area contributed by atoms with Gasteiger partial charge in [-0.05, 0) is 38.1 Å². The van der Waals surface area contributed by atoms with E-state index in [0.717, 1.165) is 26.2 Å². The fourth-order valence-electron chi connectivity index (χ4n) is 2.94. The molecule has 6 heteroatoms. The number of hydrogen-bond donors (Lipinski definition) is 0. The predicted octanol–water partition coefficient (Wildman–Crippen LogP) is 2.91. The Balaban J connectivity index is 1.62. The Hall–Kier alpha value is -2.91. The lowest BCUT2D eigenvalue weighted by Crippen LogP contribution is -2.50. The monoisotopic (exact) mass is 350 g/mol. The maximum absolute atomic E-state index is 12.6. The molecule has 3 rings (SSSR count). The molecule has 0 saturated carbocycles. The van der Waals surface area contributed by atoms with Crippen LogP contribution in [0.5, 0.6) is 11.6 Å². The van der Waals surface area contributed by atoms with Crippen molar-refractivity contribution in [2.24, 2.45) is 0 Å². The van der Waals surface area contributed by atoms with Crippen LogP contribution in [0.1, 0.15) is 29.8 Å². The van der Waals surface area contributed by atoms with Crippen molar-refractivity contribution in [2.45, 2.75) is 19.9 Å². The van der Waals surface area contributed by atoms with E-state index < -0.39 is 0 Å². The molecule has 2 heterocycles. The summed E-state index contributed by atoms with van der Waals surface area (Å²) in [6.07, 6.45) is 1.54. The quantitative estimate of drug-likeness (QED) is 0.848. The lowest BCUT2D eigenvalue weighted by Gasteiger charge is -2.36. The van der Waals surface area contributed by atoms with Crippen LogP contribution in [0, 0.1) is 11.3 Å². The molecule has 0 radical (unpaired) electrons. The Morgan fingerprint density at radius 3 is 2.58 bits per heavy atom. The zero-order valence-corrected chi connectivity index (χ0v) is 15.1. The summed E-state index contributed by atoms with van der Waals surface area (Å²) in [5.74, 6) is 0.931. The number of ether oxygens (including phenoxy) is 1. The van der Waals surface area contributed by atoms with Gasteiger partial charge in [0.05, 0.1) is 17.2 Å². The highest BCUT2D eigenvalue weighted by Crippen LogP contribution is 2.21. The first-order chi connectivity index (χ1) is 12.6. The molecule has 0 unspecified atom stereocenters. The number of carbonyl (C=O) groups is 1. The van der Waals surface area contributed by atoms with E-state index in [2.05, 4.69) is 29.8 Å². The minimum atomic E-state index is -0.000987. The zero-order chi connectivity index (χ0) is 18.5. The summed E-state index contributed by atoms with van der Waals surface area (Å²) in [5.41, 5.74) is 1.08. The Bertz CT molecular complexity index is 803. The van der Waals surface area contributed by atoms with Gasteiger partial charge in [0.2, 0.25) is 5.88 Å². The van der Waals surface area contributed by atoms with Crippen molar-refractivity contribution >= 4 is 5.91 Å². The SMILES string of the molecule is CC(C)N1CCN(C(=O)c2ccc(Oc3cccc(C#N)c3)nc2)CC1. The van der Waals surface area contributed by atoms with Crippen molar-refractivity contribution < 1.29 is 9.53 Å². The molecule has 1 aliphatic rings. The van der Waals surface area contributed by atoms with Crippen molar-refractivity contribution in [3.63, 3.8) is 0 Å². The van der Waals surface area contributed by atoms with Crippen LogP contribution in [0.25, 0.3) is 0 Å². The molecule has 6 nitrogen and oxygen atoms in total. The van der Waals surface area contributed by atoms with Gasteiger partial charge in [-0.1, -0.05) is 6.07 Å². The lowest BCUT2D eigenvalue weighted by atomic mass is 10.2. The van der Waals surface area contributed by atoms with E-state index in [4.69, 9.17) is 10.00 Å². The second-order valence-electron chi connectivity index (χ2n) is 6.55. The molecule has 0 bridgehead atoms. The average Bonchev–Trinajstić information content (AvgIpc) is 2.68. The number of amides is 1. The molecular formula is C20H22N4O2. The number of hydrogen-bond acceptors (Lipinski definition) is 5. The molecule has 1 aliphatic heterocycles. The van der Waals surface area contributed by atoms with Crippen LogP contribution in [0.15, 0.2) is 42.6 Å². The summed E-state index contributed by atoms with van der Waals surface area (Å²) >= 11 is 0. The molecule has 1 saturated heterocycles. The maximum atomic E-state index is 12.6. The first-order valence-electron chi connectivity index (χ1n) is 8.74. The van der Waals surface area contributed by atoms with Crippen LogP contribution >= 0.6 is 0 Å². The molecule has 0 spiro atoms. The van der Waals surface area contributed by atoms with Gasteiger partial charge in [-0.2, -0.15) is 5.26 Å². The van der Waals surface area contributed by atoms with Crippen molar-refractivity contribution in [3.8, 4) is 17.7 Å². The molecule has 26 heavy (non-hydrogen) atoms. The Morgan fingerprint density at radius 2 is 1.96 bits per heavy atom. The Labute approximate surface area is 153 Å². The second kappa shape index (κ2) is 7.98. The molecule has 134 valence electrons. The van der Waals surface area contributed by atoms with E-state index in [-0.39, 0.29) is 5.91 Å². The number of rotatable bonds is 4. The van der Waals surface area contributed by atoms with Crippen LogP contribution in [0.2, 0.25) is 0 Å². The topological polar surface area (TPSA) is 69.5 Å². The number of carbonyl (C=O) groups excluding carboxylic acids is 1. The van der Waals surface area contributed by atoms with Crippen molar-refractivity contribution in [1.29, 1.82) is 5.26 Å². The van der Waals surface area contributed by atoms with Gasteiger partial charge >= 0.3 is 0 Å². The van der Waals surface area contributed by atoms with Gasteiger partial charge in [-0.15, -0.1) is 0 Å². The Morgan fingerprint density at radius 1 is 1.19 bits per heavy atom. The third kappa shape index (κ3) is 4.19. The van der Waals surface area contributed by atoms with Gasteiger partial charge in [0.25, 0.3) is 5.91 Å². The molecule has 2 aromatic rings. The summed E-state index contributed by atoms with van der Waals surface area (Å²) in [5, 5.41) is 8.93. The standard InChI is InChI=1S/C20H22N4O2/c1-15(2)23-8-10-24(11-9-23)20(25)17-6-7-19(22-14-17)26-18-5-3-4-16(12-18)13-21/h3-7,12,14-15H,8-11H2,1-2H3. The zero-order valence-electron chi connectivity index (χ0n) is 15.1. The van der Waals surface area contributed by atoms with Gasteiger partial charge < -0.3 is 9.64 Å². The predicted molar refractivity (Wildman–Crippen MR) is 98.1 cm³/mol. The number of nitriles is 1. The first-order valence-corrected chi connectivity index (χ1v) is 8.74. The average molecular weight is 350 g/mol. The largest absolute Gasteiger partial charge is 0.439 e. The highest BCUT2D eigenvalue weighted by atomic mass is 16.5. The lowest BCUT2D eigenvalue weighted by molar-refractivity contribution is 0.0595. The number of aromatic nitrogens is 1. The van der Waals surface area contributed by atoms with Crippen LogP contribution in [0.3, 0.4) is 0 Å². The van der Waals surface area contributed by atoms with Crippen LogP contribution in [-0.4, -0.2) is 52.9 Å². The number of benzene rings is 1. The second-order valence-corrected chi connectivity index (χ2v) is 6.55. The summed E-state index contributed by atoms with van der Waals surface area (Å²) in [4.78, 5) is 21.1. The Kier molecular flexibility index (Phi) is 5.49.